The van der Waals surface area contributed by atoms with Gasteiger partial charge in [-0.05, 0) is 37.3 Å². The summed E-state index contributed by atoms with van der Waals surface area (Å²) in [6.07, 6.45) is 1.11. The Kier molecular flexibility index (Phi) is 7.34. The highest BCUT2D eigenvalue weighted by atomic mass is 32.1. The smallest absolute Gasteiger partial charge is 0.169 e. The fraction of sp³-hybridized carbons (Fsp3) is 0.632. The largest absolute Gasteiger partial charge is 0.495 e. The lowest BCUT2D eigenvalue weighted by atomic mass is 10.2. The van der Waals surface area contributed by atoms with E-state index in [1.165, 1.54) is 5.69 Å². The molecular formula is C19H30N4O2S. The van der Waals surface area contributed by atoms with Crippen molar-refractivity contribution in [1.29, 1.82) is 0 Å². The lowest BCUT2D eigenvalue weighted by Gasteiger charge is -2.38. The van der Waals surface area contributed by atoms with E-state index < -0.39 is 0 Å². The first kappa shape index (κ1) is 19.2. The molecular weight excluding hydrogens is 348 g/mol. The highest BCUT2D eigenvalue weighted by Crippen LogP contribution is 2.28. The van der Waals surface area contributed by atoms with Gasteiger partial charge in [0.2, 0.25) is 0 Å². The van der Waals surface area contributed by atoms with Crippen molar-refractivity contribution in [3.8, 4) is 5.75 Å². The van der Waals surface area contributed by atoms with Crippen LogP contribution in [-0.2, 0) is 4.74 Å². The SMILES string of the molecule is COc1ccccc1N1CCN(C(=S)NCCCN2CCOCC2)CC1. The number of morpholine rings is 1. The second-order valence-electron chi connectivity index (χ2n) is 6.69. The summed E-state index contributed by atoms with van der Waals surface area (Å²) in [7, 11) is 1.73. The van der Waals surface area contributed by atoms with E-state index >= 15 is 0 Å². The van der Waals surface area contributed by atoms with Crippen molar-refractivity contribution >= 4 is 23.0 Å². The molecule has 0 amide bonds. The number of nitrogens with zero attached hydrogens (tertiary/aromatic N) is 3. The van der Waals surface area contributed by atoms with Crippen molar-refractivity contribution in [2.45, 2.75) is 6.42 Å². The first-order valence-corrected chi connectivity index (χ1v) is 9.89. The molecule has 2 aliphatic heterocycles. The van der Waals surface area contributed by atoms with Crippen LogP contribution in [0.4, 0.5) is 5.69 Å². The summed E-state index contributed by atoms with van der Waals surface area (Å²) in [5.41, 5.74) is 1.17. The molecule has 0 spiro atoms. The van der Waals surface area contributed by atoms with E-state index in [2.05, 4.69) is 32.1 Å². The van der Waals surface area contributed by atoms with Crippen LogP contribution in [0.2, 0.25) is 0 Å². The zero-order chi connectivity index (χ0) is 18.2. The molecule has 2 heterocycles. The predicted molar refractivity (Wildman–Crippen MR) is 109 cm³/mol. The Balaban J connectivity index is 1.36. The number of para-hydroxylation sites is 2. The standard InChI is InChI=1S/C19H30N4O2S/c1-24-18-6-3-2-5-17(18)22-9-11-23(12-10-22)19(26)20-7-4-8-21-13-15-25-16-14-21/h2-3,5-6H,4,7-16H2,1H3,(H,20,26). The molecule has 2 fully saturated rings. The maximum absolute atomic E-state index is 5.59. The minimum absolute atomic E-state index is 0.863. The van der Waals surface area contributed by atoms with E-state index in [9.17, 15) is 0 Å². The average molecular weight is 379 g/mol. The Bertz CT molecular complexity index is 572. The fourth-order valence-corrected chi connectivity index (χ4v) is 3.76. The van der Waals surface area contributed by atoms with Crippen molar-refractivity contribution in [1.82, 2.24) is 15.1 Å². The zero-order valence-corrected chi connectivity index (χ0v) is 16.5. The van der Waals surface area contributed by atoms with Crippen LogP contribution in [0.1, 0.15) is 6.42 Å². The van der Waals surface area contributed by atoms with Crippen LogP contribution in [0.15, 0.2) is 24.3 Å². The Morgan fingerprint density at radius 3 is 2.58 bits per heavy atom. The van der Waals surface area contributed by atoms with Gasteiger partial charge in [0.1, 0.15) is 5.75 Å². The van der Waals surface area contributed by atoms with Gasteiger partial charge in [0, 0.05) is 45.8 Å². The third-order valence-corrected chi connectivity index (χ3v) is 5.43. The van der Waals surface area contributed by atoms with E-state index in [1.807, 2.05) is 12.1 Å². The molecule has 26 heavy (non-hydrogen) atoms. The lowest BCUT2D eigenvalue weighted by molar-refractivity contribution is 0.0376. The minimum atomic E-state index is 0.863. The Labute approximate surface area is 162 Å². The molecule has 2 aliphatic rings. The minimum Gasteiger partial charge on any atom is -0.495 e. The third kappa shape index (κ3) is 5.22. The number of benzene rings is 1. The Morgan fingerprint density at radius 1 is 1.12 bits per heavy atom. The average Bonchev–Trinajstić information content (AvgIpc) is 2.72. The lowest BCUT2D eigenvalue weighted by Crippen LogP contribution is -2.52. The van der Waals surface area contributed by atoms with Gasteiger partial charge in [-0.25, -0.2) is 0 Å². The van der Waals surface area contributed by atoms with Crippen molar-refractivity contribution in [2.24, 2.45) is 0 Å². The van der Waals surface area contributed by atoms with Crippen LogP contribution < -0.4 is 15.0 Å². The Morgan fingerprint density at radius 2 is 1.85 bits per heavy atom. The number of ether oxygens (including phenoxy) is 2. The molecule has 0 bridgehead atoms. The molecule has 0 atom stereocenters. The van der Waals surface area contributed by atoms with Crippen LogP contribution in [0.25, 0.3) is 0 Å². The number of nitrogens with one attached hydrogen (secondary N) is 1. The molecule has 1 aromatic rings. The van der Waals surface area contributed by atoms with Crippen LogP contribution in [-0.4, -0.2) is 87.6 Å². The molecule has 6 nitrogen and oxygen atoms in total. The molecule has 0 saturated carbocycles. The van der Waals surface area contributed by atoms with Gasteiger partial charge in [-0.3, -0.25) is 4.90 Å². The molecule has 2 saturated heterocycles. The van der Waals surface area contributed by atoms with Gasteiger partial charge < -0.3 is 24.6 Å². The van der Waals surface area contributed by atoms with E-state index in [4.69, 9.17) is 21.7 Å². The number of anilines is 1. The van der Waals surface area contributed by atoms with Gasteiger partial charge in [-0.15, -0.1) is 0 Å². The highest BCUT2D eigenvalue weighted by Gasteiger charge is 2.21. The zero-order valence-electron chi connectivity index (χ0n) is 15.7. The maximum atomic E-state index is 5.59. The van der Waals surface area contributed by atoms with Gasteiger partial charge in [0.15, 0.2) is 5.11 Å². The molecule has 1 N–H and O–H groups in total. The first-order chi connectivity index (χ1) is 12.8. The van der Waals surface area contributed by atoms with Crippen molar-refractivity contribution in [3.63, 3.8) is 0 Å². The second-order valence-corrected chi connectivity index (χ2v) is 7.07. The summed E-state index contributed by atoms with van der Waals surface area (Å²) in [5.74, 6) is 0.935. The summed E-state index contributed by atoms with van der Waals surface area (Å²) in [6, 6.07) is 8.21. The highest BCUT2D eigenvalue weighted by molar-refractivity contribution is 7.80. The topological polar surface area (TPSA) is 40.2 Å². The number of hydrogen-bond acceptors (Lipinski definition) is 5. The summed E-state index contributed by atoms with van der Waals surface area (Å²) in [5, 5.41) is 4.31. The first-order valence-electron chi connectivity index (χ1n) is 9.49. The van der Waals surface area contributed by atoms with Crippen molar-refractivity contribution in [2.75, 3.05) is 77.6 Å². The van der Waals surface area contributed by atoms with Crippen LogP contribution >= 0.6 is 12.2 Å². The fourth-order valence-electron chi connectivity index (χ4n) is 3.48. The van der Waals surface area contributed by atoms with Gasteiger partial charge in [0.05, 0.1) is 26.0 Å². The van der Waals surface area contributed by atoms with Gasteiger partial charge in [0.25, 0.3) is 0 Å². The van der Waals surface area contributed by atoms with E-state index in [0.29, 0.717) is 0 Å². The number of methoxy groups -OCH3 is 1. The maximum Gasteiger partial charge on any atom is 0.169 e. The normalized spacial score (nSPS) is 18.7. The van der Waals surface area contributed by atoms with Crippen LogP contribution in [0, 0.1) is 0 Å². The van der Waals surface area contributed by atoms with Gasteiger partial charge in [-0.2, -0.15) is 0 Å². The molecule has 144 valence electrons. The number of rotatable bonds is 6. The summed E-state index contributed by atoms with van der Waals surface area (Å²) in [6.45, 7) is 9.66. The quantitative estimate of drug-likeness (QED) is 0.593. The third-order valence-electron chi connectivity index (χ3n) is 5.02. The molecule has 3 rings (SSSR count). The number of thiocarbonyl (C=S) groups is 1. The van der Waals surface area contributed by atoms with Crippen molar-refractivity contribution in [3.05, 3.63) is 24.3 Å². The molecule has 0 aromatic heterocycles. The van der Waals surface area contributed by atoms with Crippen molar-refractivity contribution < 1.29 is 9.47 Å². The summed E-state index contributed by atoms with van der Waals surface area (Å²) >= 11 is 5.59. The van der Waals surface area contributed by atoms with Crippen LogP contribution in [0.5, 0.6) is 5.75 Å². The van der Waals surface area contributed by atoms with Gasteiger partial charge >= 0.3 is 0 Å². The monoisotopic (exact) mass is 378 g/mol. The number of hydrogen-bond donors (Lipinski definition) is 1. The molecule has 0 radical (unpaired) electrons. The Hall–Kier alpha value is -1.57. The van der Waals surface area contributed by atoms with Crippen LogP contribution in [0.3, 0.4) is 0 Å². The van der Waals surface area contributed by atoms with E-state index in [0.717, 1.165) is 82.9 Å². The second kappa shape index (κ2) is 9.94. The predicted octanol–water partition coefficient (Wildman–Crippen LogP) is 1.41. The molecule has 0 unspecified atom stereocenters. The summed E-state index contributed by atoms with van der Waals surface area (Å²) < 4.78 is 10.9. The van der Waals surface area contributed by atoms with Gasteiger partial charge in [-0.1, -0.05) is 12.1 Å². The molecule has 7 heteroatoms. The molecule has 0 aliphatic carbocycles. The number of piperazine rings is 1. The van der Waals surface area contributed by atoms with E-state index in [-0.39, 0.29) is 0 Å². The summed E-state index contributed by atoms with van der Waals surface area (Å²) in [4.78, 5) is 7.10. The van der Waals surface area contributed by atoms with E-state index in [1.54, 1.807) is 7.11 Å². The molecule has 1 aromatic carbocycles.